The van der Waals surface area contributed by atoms with Crippen molar-refractivity contribution < 1.29 is 0 Å². The maximum absolute atomic E-state index is 4.56. The molecule has 6 heteroatoms. The van der Waals surface area contributed by atoms with Crippen LogP contribution in [0, 0.1) is 13.8 Å². The van der Waals surface area contributed by atoms with Gasteiger partial charge in [-0.3, -0.25) is 4.90 Å². The Morgan fingerprint density at radius 2 is 1.79 bits per heavy atom. The van der Waals surface area contributed by atoms with E-state index in [0.29, 0.717) is 11.8 Å². The van der Waals surface area contributed by atoms with E-state index >= 15 is 0 Å². The van der Waals surface area contributed by atoms with Crippen LogP contribution in [-0.4, -0.2) is 56.7 Å². The number of rotatable bonds is 2. The SMILES string of the molecule is Cc1nc2ncnn2c(N2CCC[C@@H](N3CCCCCC3)C2)c1C. The summed E-state index contributed by atoms with van der Waals surface area (Å²) in [7, 11) is 0. The third kappa shape index (κ3) is 2.88. The summed E-state index contributed by atoms with van der Waals surface area (Å²) in [6.45, 7) is 8.97. The fourth-order valence-electron chi connectivity index (χ4n) is 4.29. The molecule has 0 unspecified atom stereocenters. The Bertz CT molecular complexity index is 701. The molecule has 6 nitrogen and oxygen atoms in total. The zero-order valence-electron chi connectivity index (χ0n) is 14.9. The lowest BCUT2D eigenvalue weighted by Crippen LogP contribution is -2.49. The van der Waals surface area contributed by atoms with Crippen LogP contribution in [-0.2, 0) is 0 Å². The zero-order chi connectivity index (χ0) is 16.5. The second kappa shape index (κ2) is 6.67. The minimum atomic E-state index is 0.670. The smallest absolute Gasteiger partial charge is 0.254 e. The molecule has 2 aliphatic heterocycles. The van der Waals surface area contributed by atoms with Crippen molar-refractivity contribution in [2.24, 2.45) is 0 Å². The molecule has 24 heavy (non-hydrogen) atoms. The average Bonchev–Trinajstić information content (AvgIpc) is 2.88. The molecule has 2 saturated heterocycles. The number of aromatic nitrogens is 4. The Kier molecular flexibility index (Phi) is 4.39. The van der Waals surface area contributed by atoms with E-state index in [4.69, 9.17) is 0 Å². The van der Waals surface area contributed by atoms with Gasteiger partial charge in [0.2, 0.25) is 0 Å². The molecular formula is C18H28N6. The van der Waals surface area contributed by atoms with Crippen molar-refractivity contribution in [2.45, 2.75) is 58.4 Å². The first kappa shape index (κ1) is 15.8. The number of piperidine rings is 1. The maximum Gasteiger partial charge on any atom is 0.254 e. The molecule has 4 rings (SSSR count). The molecule has 2 fully saturated rings. The Balaban J connectivity index is 1.62. The molecule has 0 saturated carbocycles. The Morgan fingerprint density at radius 3 is 2.58 bits per heavy atom. The van der Waals surface area contributed by atoms with E-state index in [0.717, 1.165) is 18.8 Å². The first-order chi connectivity index (χ1) is 11.7. The summed E-state index contributed by atoms with van der Waals surface area (Å²) in [5.74, 6) is 1.90. The van der Waals surface area contributed by atoms with Gasteiger partial charge >= 0.3 is 0 Å². The first-order valence-corrected chi connectivity index (χ1v) is 9.40. The topological polar surface area (TPSA) is 49.6 Å². The summed E-state index contributed by atoms with van der Waals surface area (Å²) in [6.07, 6.45) is 9.69. The van der Waals surface area contributed by atoms with Crippen LogP contribution in [0.3, 0.4) is 0 Å². The third-order valence-corrected chi connectivity index (χ3v) is 5.73. The van der Waals surface area contributed by atoms with Gasteiger partial charge in [-0.25, -0.2) is 4.98 Å². The quantitative estimate of drug-likeness (QED) is 0.848. The zero-order valence-corrected chi connectivity index (χ0v) is 14.9. The number of hydrogen-bond donors (Lipinski definition) is 0. The van der Waals surface area contributed by atoms with Gasteiger partial charge < -0.3 is 4.90 Å². The van der Waals surface area contributed by atoms with E-state index < -0.39 is 0 Å². The molecule has 2 aromatic rings. The molecule has 0 radical (unpaired) electrons. The van der Waals surface area contributed by atoms with Crippen molar-refractivity contribution >= 4 is 11.6 Å². The maximum atomic E-state index is 4.56. The van der Waals surface area contributed by atoms with Crippen molar-refractivity contribution in [2.75, 3.05) is 31.1 Å². The van der Waals surface area contributed by atoms with Gasteiger partial charge in [-0.05, 0) is 52.6 Å². The summed E-state index contributed by atoms with van der Waals surface area (Å²) in [6, 6.07) is 0.670. The van der Waals surface area contributed by atoms with Crippen molar-refractivity contribution in [1.82, 2.24) is 24.5 Å². The van der Waals surface area contributed by atoms with Crippen molar-refractivity contribution in [3.63, 3.8) is 0 Å². The molecular weight excluding hydrogens is 300 g/mol. The van der Waals surface area contributed by atoms with Crippen molar-refractivity contribution in [3.05, 3.63) is 17.6 Å². The average molecular weight is 328 g/mol. The third-order valence-electron chi connectivity index (χ3n) is 5.73. The lowest BCUT2D eigenvalue weighted by atomic mass is 10.0. The molecule has 0 aliphatic carbocycles. The van der Waals surface area contributed by atoms with Crippen LogP contribution in [0.5, 0.6) is 0 Å². The molecule has 0 amide bonds. The van der Waals surface area contributed by atoms with E-state index in [1.165, 1.54) is 63.0 Å². The largest absolute Gasteiger partial charge is 0.355 e. The van der Waals surface area contributed by atoms with Gasteiger partial charge in [-0.2, -0.15) is 14.6 Å². The minimum absolute atomic E-state index is 0.670. The second-order valence-electron chi connectivity index (χ2n) is 7.31. The van der Waals surface area contributed by atoms with Crippen LogP contribution in [0.25, 0.3) is 5.78 Å². The summed E-state index contributed by atoms with van der Waals surface area (Å²) in [5, 5.41) is 4.44. The van der Waals surface area contributed by atoms with Crippen LogP contribution in [0.1, 0.15) is 49.8 Å². The molecule has 130 valence electrons. The predicted octanol–water partition coefficient (Wildman–Crippen LogP) is 2.59. The number of anilines is 1. The predicted molar refractivity (Wildman–Crippen MR) is 95.5 cm³/mol. The standard InChI is InChI=1S/C18H28N6/c1-14-15(2)21-18-19-13-20-24(18)17(14)23-11-7-8-16(12-23)22-9-5-3-4-6-10-22/h13,16H,3-12H2,1-2H3/t16-/m1/s1. The van der Waals surface area contributed by atoms with Crippen LogP contribution in [0.2, 0.25) is 0 Å². The summed E-state index contributed by atoms with van der Waals surface area (Å²) < 4.78 is 1.92. The molecule has 0 aromatic carbocycles. The molecule has 0 bridgehead atoms. The van der Waals surface area contributed by atoms with E-state index in [1.54, 1.807) is 6.33 Å². The number of aryl methyl sites for hydroxylation is 1. The lowest BCUT2D eigenvalue weighted by molar-refractivity contribution is 0.181. The molecule has 0 spiro atoms. The molecule has 0 N–H and O–H groups in total. The van der Waals surface area contributed by atoms with Gasteiger partial charge in [-0.15, -0.1) is 0 Å². The van der Waals surface area contributed by atoms with E-state index in [-0.39, 0.29) is 0 Å². The summed E-state index contributed by atoms with van der Waals surface area (Å²) in [4.78, 5) is 14.1. The highest BCUT2D eigenvalue weighted by Crippen LogP contribution is 2.27. The van der Waals surface area contributed by atoms with Gasteiger partial charge in [-0.1, -0.05) is 12.8 Å². The molecule has 1 atom stereocenters. The normalized spacial score (nSPS) is 23.6. The fourth-order valence-corrected chi connectivity index (χ4v) is 4.29. The Morgan fingerprint density at radius 1 is 1.00 bits per heavy atom. The highest BCUT2D eigenvalue weighted by molar-refractivity contribution is 5.54. The number of nitrogens with zero attached hydrogens (tertiary/aromatic N) is 6. The van der Waals surface area contributed by atoms with Gasteiger partial charge in [0.05, 0.1) is 0 Å². The highest BCUT2D eigenvalue weighted by Gasteiger charge is 2.28. The van der Waals surface area contributed by atoms with Crippen LogP contribution >= 0.6 is 0 Å². The van der Waals surface area contributed by atoms with Crippen LogP contribution in [0.15, 0.2) is 6.33 Å². The summed E-state index contributed by atoms with van der Waals surface area (Å²) in [5.41, 5.74) is 2.28. The number of fused-ring (bicyclic) bond motifs is 1. The lowest BCUT2D eigenvalue weighted by Gasteiger charge is -2.40. The van der Waals surface area contributed by atoms with Gasteiger partial charge in [0, 0.05) is 30.4 Å². The fraction of sp³-hybridized carbons (Fsp3) is 0.722. The minimum Gasteiger partial charge on any atom is -0.355 e. The monoisotopic (exact) mass is 328 g/mol. The molecule has 2 aromatic heterocycles. The highest BCUT2D eigenvalue weighted by atomic mass is 15.4. The van der Waals surface area contributed by atoms with Gasteiger partial charge in [0.15, 0.2) is 0 Å². The van der Waals surface area contributed by atoms with Gasteiger partial charge in [0.25, 0.3) is 5.78 Å². The van der Waals surface area contributed by atoms with E-state index in [9.17, 15) is 0 Å². The van der Waals surface area contributed by atoms with Gasteiger partial charge in [0.1, 0.15) is 12.1 Å². The van der Waals surface area contributed by atoms with Crippen molar-refractivity contribution in [1.29, 1.82) is 0 Å². The first-order valence-electron chi connectivity index (χ1n) is 9.40. The van der Waals surface area contributed by atoms with E-state index in [1.807, 2.05) is 4.52 Å². The second-order valence-corrected chi connectivity index (χ2v) is 7.31. The molecule has 2 aliphatic rings. The van der Waals surface area contributed by atoms with Crippen LogP contribution < -0.4 is 4.90 Å². The van der Waals surface area contributed by atoms with E-state index in [2.05, 4.69) is 38.7 Å². The van der Waals surface area contributed by atoms with Crippen molar-refractivity contribution in [3.8, 4) is 0 Å². The Hall–Kier alpha value is -1.69. The number of hydrogen-bond acceptors (Lipinski definition) is 5. The van der Waals surface area contributed by atoms with Crippen LogP contribution in [0.4, 0.5) is 5.82 Å². The number of likely N-dealkylation sites (tertiary alicyclic amines) is 1. The summed E-state index contributed by atoms with van der Waals surface area (Å²) >= 11 is 0. The Labute approximate surface area is 143 Å². The molecule has 4 heterocycles.